The maximum Gasteiger partial charge on any atom is 0.323 e. The van der Waals surface area contributed by atoms with E-state index in [4.69, 9.17) is 0 Å². The first-order valence-corrected chi connectivity index (χ1v) is 5.70. The molecule has 1 unspecified atom stereocenters. The molecule has 0 aromatic rings. The van der Waals surface area contributed by atoms with Crippen molar-refractivity contribution in [3.05, 3.63) is 0 Å². The Morgan fingerprint density at radius 2 is 2.21 bits per heavy atom. The summed E-state index contributed by atoms with van der Waals surface area (Å²) in [5, 5.41) is 12.4. The van der Waals surface area contributed by atoms with Gasteiger partial charge in [0.2, 0.25) is 0 Å². The van der Waals surface area contributed by atoms with E-state index in [-0.39, 0.29) is 0 Å². The van der Waals surface area contributed by atoms with Gasteiger partial charge in [0.1, 0.15) is 5.54 Å². The van der Waals surface area contributed by atoms with E-state index in [1.165, 1.54) is 0 Å². The second kappa shape index (κ2) is 5.35. The molecule has 2 N–H and O–H groups in total. The highest BCUT2D eigenvalue weighted by atomic mass is 16.4. The lowest BCUT2D eigenvalue weighted by Crippen LogP contribution is -2.54. The van der Waals surface area contributed by atoms with Crippen molar-refractivity contribution < 1.29 is 9.90 Å². The summed E-state index contributed by atoms with van der Waals surface area (Å²) in [6.07, 6.45) is 7.05. The standard InChI is InChI=1S/C11H21NO2/c1-2-3-4-7-11(10(13)14)8-5-6-9-12-11/h12H,2-9H2,1H3,(H,13,14). The van der Waals surface area contributed by atoms with E-state index in [0.29, 0.717) is 0 Å². The number of nitrogens with one attached hydrogen (secondary N) is 1. The van der Waals surface area contributed by atoms with Crippen LogP contribution in [0.2, 0.25) is 0 Å². The molecule has 1 heterocycles. The van der Waals surface area contributed by atoms with E-state index in [1.807, 2.05) is 0 Å². The monoisotopic (exact) mass is 199 g/mol. The third kappa shape index (κ3) is 2.71. The van der Waals surface area contributed by atoms with E-state index in [1.54, 1.807) is 0 Å². The van der Waals surface area contributed by atoms with Gasteiger partial charge in [-0.1, -0.05) is 26.2 Å². The minimum absolute atomic E-state index is 0.604. The number of carboxylic acids is 1. The quantitative estimate of drug-likeness (QED) is 0.667. The molecule has 1 aliphatic heterocycles. The van der Waals surface area contributed by atoms with Crippen molar-refractivity contribution in [3.63, 3.8) is 0 Å². The summed E-state index contributed by atoms with van der Waals surface area (Å²) in [7, 11) is 0. The number of hydrogen-bond donors (Lipinski definition) is 2. The van der Waals surface area contributed by atoms with Gasteiger partial charge in [-0.15, -0.1) is 0 Å². The molecule has 1 atom stereocenters. The van der Waals surface area contributed by atoms with Gasteiger partial charge in [-0.3, -0.25) is 4.79 Å². The van der Waals surface area contributed by atoms with Crippen LogP contribution in [0.5, 0.6) is 0 Å². The van der Waals surface area contributed by atoms with Crippen LogP contribution in [0.3, 0.4) is 0 Å². The fraction of sp³-hybridized carbons (Fsp3) is 0.909. The lowest BCUT2D eigenvalue weighted by Gasteiger charge is -2.34. The molecule has 0 aromatic heterocycles. The Labute approximate surface area is 85.9 Å². The van der Waals surface area contributed by atoms with Crippen molar-refractivity contribution in [2.45, 2.75) is 57.4 Å². The molecule has 0 radical (unpaired) electrons. The molecule has 82 valence electrons. The smallest absolute Gasteiger partial charge is 0.323 e. The van der Waals surface area contributed by atoms with Gasteiger partial charge < -0.3 is 10.4 Å². The molecular weight excluding hydrogens is 178 g/mol. The second-order valence-corrected chi connectivity index (χ2v) is 4.23. The van der Waals surface area contributed by atoms with Gasteiger partial charge in [0.15, 0.2) is 0 Å². The maximum atomic E-state index is 11.2. The first-order valence-electron chi connectivity index (χ1n) is 5.70. The number of carbonyl (C=O) groups is 1. The summed E-state index contributed by atoms with van der Waals surface area (Å²) in [6, 6.07) is 0. The molecule has 1 rings (SSSR count). The summed E-state index contributed by atoms with van der Waals surface area (Å²) in [6.45, 7) is 3.00. The molecule has 0 bridgehead atoms. The van der Waals surface area contributed by atoms with Crippen LogP contribution in [-0.4, -0.2) is 23.2 Å². The van der Waals surface area contributed by atoms with Gasteiger partial charge in [0.25, 0.3) is 0 Å². The van der Waals surface area contributed by atoms with Crippen molar-refractivity contribution in [2.75, 3.05) is 6.54 Å². The second-order valence-electron chi connectivity index (χ2n) is 4.23. The molecule has 14 heavy (non-hydrogen) atoms. The predicted octanol–water partition coefficient (Wildman–Crippen LogP) is 2.16. The summed E-state index contributed by atoms with van der Waals surface area (Å²) in [5.74, 6) is -0.659. The highest BCUT2D eigenvalue weighted by Crippen LogP contribution is 2.25. The molecule has 1 aliphatic rings. The Bertz CT molecular complexity index is 186. The highest BCUT2D eigenvalue weighted by Gasteiger charge is 2.38. The van der Waals surface area contributed by atoms with Crippen LogP contribution in [-0.2, 0) is 4.79 Å². The minimum Gasteiger partial charge on any atom is -0.480 e. The Morgan fingerprint density at radius 1 is 1.43 bits per heavy atom. The van der Waals surface area contributed by atoms with Crippen molar-refractivity contribution in [1.82, 2.24) is 5.32 Å². The molecule has 0 saturated carbocycles. The molecule has 0 aliphatic carbocycles. The van der Waals surface area contributed by atoms with Gasteiger partial charge >= 0.3 is 5.97 Å². The Morgan fingerprint density at radius 3 is 2.71 bits per heavy atom. The van der Waals surface area contributed by atoms with Crippen LogP contribution >= 0.6 is 0 Å². The normalized spacial score (nSPS) is 27.5. The number of piperidine rings is 1. The Kier molecular flexibility index (Phi) is 4.39. The van der Waals surface area contributed by atoms with Crippen LogP contribution in [0.15, 0.2) is 0 Å². The largest absolute Gasteiger partial charge is 0.480 e. The van der Waals surface area contributed by atoms with Gasteiger partial charge in [-0.2, -0.15) is 0 Å². The molecule has 3 heteroatoms. The van der Waals surface area contributed by atoms with Crippen LogP contribution in [0.1, 0.15) is 51.9 Å². The van der Waals surface area contributed by atoms with Gasteiger partial charge in [0, 0.05) is 0 Å². The summed E-state index contributed by atoms with van der Waals surface area (Å²) in [5.41, 5.74) is -0.604. The molecule has 1 fully saturated rings. The number of hydrogen-bond acceptors (Lipinski definition) is 2. The van der Waals surface area contributed by atoms with Crippen molar-refractivity contribution in [3.8, 4) is 0 Å². The Balaban J connectivity index is 2.47. The predicted molar refractivity (Wildman–Crippen MR) is 56.4 cm³/mol. The van der Waals surface area contributed by atoms with Crippen LogP contribution in [0.25, 0.3) is 0 Å². The lowest BCUT2D eigenvalue weighted by molar-refractivity contribution is -0.146. The van der Waals surface area contributed by atoms with Gasteiger partial charge in [-0.05, 0) is 32.2 Å². The summed E-state index contributed by atoms with van der Waals surface area (Å²) in [4.78, 5) is 11.2. The number of aliphatic carboxylic acids is 1. The van der Waals surface area contributed by atoms with E-state index in [0.717, 1.165) is 51.5 Å². The van der Waals surface area contributed by atoms with E-state index in [9.17, 15) is 9.90 Å². The minimum atomic E-state index is -0.659. The van der Waals surface area contributed by atoms with Crippen LogP contribution in [0, 0.1) is 0 Å². The zero-order valence-electron chi connectivity index (χ0n) is 9.01. The topological polar surface area (TPSA) is 49.3 Å². The van der Waals surface area contributed by atoms with Crippen molar-refractivity contribution in [2.24, 2.45) is 0 Å². The van der Waals surface area contributed by atoms with Gasteiger partial charge in [0.05, 0.1) is 0 Å². The maximum absolute atomic E-state index is 11.2. The van der Waals surface area contributed by atoms with Gasteiger partial charge in [-0.25, -0.2) is 0 Å². The molecule has 1 saturated heterocycles. The van der Waals surface area contributed by atoms with Crippen LogP contribution < -0.4 is 5.32 Å². The van der Waals surface area contributed by atoms with E-state index >= 15 is 0 Å². The fourth-order valence-corrected chi connectivity index (χ4v) is 2.15. The zero-order chi connectivity index (χ0) is 10.4. The zero-order valence-corrected chi connectivity index (χ0v) is 9.01. The number of unbranched alkanes of at least 4 members (excludes halogenated alkanes) is 2. The average molecular weight is 199 g/mol. The van der Waals surface area contributed by atoms with Crippen LogP contribution in [0.4, 0.5) is 0 Å². The number of rotatable bonds is 5. The molecule has 0 aromatic carbocycles. The van der Waals surface area contributed by atoms with Crippen molar-refractivity contribution >= 4 is 5.97 Å². The Hall–Kier alpha value is -0.570. The van der Waals surface area contributed by atoms with E-state index in [2.05, 4.69) is 12.2 Å². The summed E-state index contributed by atoms with van der Waals surface area (Å²) >= 11 is 0. The van der Waals surface area contributed by atoms with Crippen molar-refractivity contribution in [1.29, 1.82) is 0 Å². The molecule has 3 nitrogen and oxygen atoms in total. The average Bonchev–Trinajstić information content (AvgIpc) is 2.19. The molecule has 0 spiro atoms. The first kappa shape index (κ1) is 11.5. The third-order valence-corrected chi connectivity index (χ3v) is 3.11. The third-order valence-electron chi connectivity index (χ3n) is 3.11. The fourth-order valence-electron chi connectivity index (χ4n) is 2.15. The lowest BCUT2D eigenvalue weighted by atomic mass is 9.84. The SMILES string of the molecule is CCCCCC1(C(=O)O)CCCCN1. The number of carboxylic acid groups (broad SMARTS) is 1. The molecular formula is C11H21NO2. The summed E-state index contributed by atoms with van der Waals surface area (Å²) < 4.78 is 0. The molecule has 0 amide bonds. The highest BCUT2D eigenvalue weighted by molar-refractivity contribution is 5.78. The van der Waals surface area contributed by atoms with E-state index < -0.39 is 11.5 Å². The first-order chi connectivity index (χ1) is 6.71.